The van der Waals surface area contributed by atoms with Crippen LogP contribution < -0.4 is 5.73 Å². The smallest absolute Gasteiger partial charge is 0.127 e. The highest BCUT2D eigenvalue weighted by Crippen LogP contribution is 2.15. The van der Waals surface area contributed by atoms with Gasteiger partial charge in [0.05, 0.1) is 0 Å². The summed E-state index contributed by atoms with van der Waals surface area (Å²) in [7, 11) is -1.05. The highest BCUT2D eigenvalue weighted by molar-refractivity contribution is 7.83. The maximum absolute atomic E-state index is 13.3. The van der Waals surface area contributed by atoms with Crippen LogP contribution in [0.2, 0.25) is 5.02 Å². The average molecular weight is 312 g/mol. The molecule has 0 aliphatic carbocycles. The fourth-order valence-electron chi connectivity index (χ4n) is 1.88. The Kier molecular flexibility index (Phi) is 5.29. The van der Waals surface area contributed by atoms with E-state index in [-0.39, 0.29) is 12.4 Å². The first kappa shape index (κ1) is 15.2. The van der Waals surface area contributed by atoms with E-state index in [0.717, 1.165) is 11.1 Å². The van der Waals surface area contributed by atoms with Crippen molar-refractivity contribution in [1.29, 1.82) is 0 Å². The van der Waals surface area contributed by atoms with Gasteiger partial charge in [-0.05, 0) is 29.3 Å². The lowest BCUT2D eigenvalue weighted by Crippen LogP contribution is -2.03. The molecule has 0 aliphatic rings. The number of hydrogen-bond donors (Lipinski definition) is 1. The summed E-state index contributed by atoms with van der Waals surface area (Å²) in [6.07, 6.45) is 0. The molecule has 1 atom stereocenters. The van der Waals surface area contributed by atoms with E-state index in [2.05, 4.69) is 0 Å². The average Bonchev–Trinajstić information content (AvgIpc) is 2.43. The first-order valence-corrected chi connectivity index (χ1v) is 8.02. The summed E-state index contributed by atoms with van der Waals surface area (Å²) in [6.45, 7) is 0.142. The van der Waals surface area contributed by atoms with Crippen molar-refractivity contribution in [2.24, 2.45) is 5.73 Å². The molecular formula is C15H15ClFNOS. The van der Waals surface area contributed by atoms with Crippen molar-refractivity contribution in [3.8, 4) is 0 Å². The summed E-state index contributed by atoms with van der Waals surface area (Å²) in [5.41, 5.74) is 7.71. The summed E-state index contributed by atoms with van der Waals surface area (Å²) in [5, 5.41) is 0.658. The molecule has 0 spiro atoms. The molecule has 2 aromatic rings. The summed E-state index contributed by atoms with van der Waals surface area (Å²) >= 11 is 5.80. The maximum Gasteiger partial charge on any atom is 0.127 e. The molecule has 2 nitrogen and oxygen atoms in total. The van der Waals surface area contributed by atoms with Crippen molar-refractivity contribution in [2.75, 3.05) is 0 Å². The second-order valence-corrected chi connectivity index (χ2v) is 6.38. The Morgan fingerprint density at radius 2 is 1.65 bits per heavy atom. The van der Waals surface area contributed by atoms with E-state index in [1.807, 2.05) is 12.1 Å². The molecule has 0 saturated heterocycles. The van der Waals surface area contributed by atoms with E-state index >= 15 is 0 Å². The van der Waals surface area contributed by atoms with Crippen LogP contribution in [-0.2, 0) is 28.9 Å². The van der Waals surface area contributed by atoms with Crippen molar-refractivity contribution in [2.45, 2.75) is 18.1 Å². The van der Waals surface area contributed by atoms with Crippen molar-refractivity contribution < 1.29 is 8.60 Å². The number of benzene rings is 2. The topological polar surface area (TPSA) is 43.1 Å². The van der Waals surface area contributed by atoms with E-state index in [1.165, 1.54) is 6.07 Å². The van der Waals surface area contributed by atoms with E-state index < -0.39 is 10.8 Å². The van der Waals surface area contributed by atoms with E-state index in [1.54, 1.807) is 24.3 Å². The molecule has 0 radical (unpaired) electrons. The minimum atomic E-state index is -1.05. The Hall–Kier alpha value is -1.23. The molecule has 106 valence electrons. The minimum absolute atomic E-state index is 0.142. The predicted octanol–water partition coefficient (Wildman–Crippen LogP) is 3.39. The molecule has 0 bridgehead atoms. The fraction of sp³-hybridized carbons (Fsp3) is 0.200. The molecule has 0 fully saturated rings. The monoisotopic (exact) mass is 311 g/mol. The van der Waals surface area contributed by atoms with Crippen LogP contribution in [0.3, 0.4) is 0 Å². The second kappa shape index (κ2) is 6.97. The van der Waals surface area contributed by atoms with Crippen molar-refractivity contribution in [1.82, 2.24) is 0 Å². The molecule has 20 heavy (non-hydrogen) atoms. The van der Waals surface area contributed by atoms with Gasteiger partial charge in [0.25, 0.3) is 0 Å². The third kappa shape index (κ3) is 4.13. The summed E-state index contributed by atoms with van der Waals surface area (Å²) in [4.78, 5) is 0. The third-order valence-corrected chi connectivity index (χ3v) is 4.46. The predicted molar refractivity (Wildman–Crippen MR) is 81.3 cm³/mol. The van der Waals surface area contributed by atoms with Gasteiger partial charge in [-0.15, -0.1) is 0 Å². The van der Waals surface area contributed by atoms with Crippen molar-refractivity contribution in [3.05, 3.63) is 70.0 Å². The highest BCUT2D eigenvalue weighted by Gasteiger charge is 2.07. The zero-order valence-electron chi connectivity index (χ0n) is 10.8. The number of halogens is 2. The zero-order valence-corrected chi connectivity index (χ0v) is 12.4. The third-order valence-electron chi connectivity index (χ3n) is 2.90. The van der Waals surface area contributed by atoms with Crippen LogP contribution in [0.25, 0.3) is 0 Å². The van der Waals surface area contributed by atoms with Gasteiger partial charge in [0.2, 0.25) is 0 Å². The van der Waals surface area contributed by atoms with Gasteiger partial charge in [-0.3, -0.25) is 4.21 Å². The molecule has 5 heteroatoms. The summed E-state index contributed by atoms with van der Waals surface area (Å²) in [6, 6.07) is 12.0. The van der Waals surface area contributed by atoms with Gasteiger partial charge >= 0.3 is 0 Å². The molecular weight excluding hydrogens is 297 g/mol. The number of hydrogen-bond acceptors (Lipinski definition) is 2. The lowest BCUT2D eigenvalue weighted by Gasteiger charge is -2.06. The van der Waals surface area contributed by atoms with E-state index in [9.17, 15) is 8.60 Å². The van der Waals surface area contributed by atoms with Gasteiger partial charge in [-0.2, -0.15) is 0 Å². The molecule has 0 aliphatic heterocycles. The summed E-state index contributed by atoms with van der Waals surface area (Å²) in [5.74, 6) is 0.516. The maximum atomic E-state index is 13.3. The minimum Gasteiger partial charge on any atom is -0.326 e. The molecule has 2 aromatic carbocycles. The molecule has 0 saturated carbocycles. The van der Waals surface area contributed by atoms with Crippen LogP contribution in [0.1, 0.15) is 16.7 Å². The Morgan fingerprint density at radius 1 is 1.05 bits per heavy atom. The Morgan fingerprint density at radius 3 is 2.30 bits per heavy atom. The van der Waals surface area contributed by atoms with Crippen LogP contribution in [0.5, 0.6) is 0 Å². The van der Waals surface area contributed by atoms with Gasteiger partial charge in [-0.25, -0.2) is 4.39 Å². The molecule has 2 rings (SSSR count). The van der Waals surface area contributed by atoms with Gasteiger partial charge in [0, 0.05) is 39.4 Å². The number of nitrogens with two attached hydrogens (primary N) is 1. The molecule has 0 amide bonds. The quantitative estimate of drug-likeness (QED) is 0.920. The standard InChI is InChI=1S/C15H15ClFNOS/c16-14-4-1-11(2-5-14)9-20(19)10-12-3-6-15(17)13(7-12)8-18/h1-7H,8-10,18H2. The molecule has 1 unspecified atom stereocenters. The Labute approximate surface area is 125 Å². The first-order valence-electron chi connectivity index (χ1n) is 6.15. The Balaban J connectivity index is 2.02. The molecule has 0 aromatic heterocycles. The lowest BCUT2D eigenvalue weighted by atomic mass is 10.1. The van der Waals surface area contributed by atoms with Gasteiger partial charge in [-0.1, -0.05) is 35.9 Å². The van der Waals surface area contributed by atoms with E-state index in [4.69, 9.17) is 17.3 Å². The lowest BCUT2D eigenvalue weighted by molar-refractivity contribution is 0.610. The van der Waals surface area contributed by atoms with Crippen LogP contribution in [0, 0.1) is 5.82 Å². The largest absolute Gasteiger partial charge is 0.326 e. The van der Waals surface area contributed by atoms with Gasteiger partial charge in [0.1, 0.15) is 5.82 Å². The van der Waals surface area contributed by atoms with E-state index in [0.29, 0.717) is 22.1 Å². The fourth-order valence-corrected chi connectivity index (χ4v) is 3.22. The first-order chi connectivity index (χ1) is 9.58. The normalized spacial score (nSPS) is 12.3. The van der Waals surface area contributed by atoms with Crippen LogP contribution in [-0.4, -0.2) is 4.21 Å². The number of rotatable bonds is 5. The Bertz CT molecular complexity index is 616. The van der Waals surface area contributed by atoms with Crippen LogP contribution in [0.15, 0.2) is 42.5 Å². The van der Waals surface area contributed by atoms with Crippen LogP contribution in [0.4, 0.5) is 4.39 Å². The SMILES string of the molecule is NCc1cc(CS(=O)Cc2ccc(Cl)cc2)ccc1F. The van der Waals surface area contributed by atoms with Crippen LogP contribution >= 0.6 is 11.6 Å². The highest BCUT2D eigenvalue weighted by atomic mass is 35.5. The molecule has 2 N–H and O–H groups in total. The van der Waals surface area contributed by atoms with Gasteiger partial charge < -0.3 is 5.73 Å². The van der Waals surface area contributed by atoms with Crippen molar-refractivity contribution >= 4 is 22.4 Å². The van der Waals surface area contributed by atoms with Crippen molar-refractivity contribution in [3.63, 3.8) is 0 Å². The second-order valence-electron chi connectivity index (χ2n) is 4.48. The zero-order chi connectivity index (χ0) is 14.5. The molecule has 0 heterocycles. The summed E-state index contributed by atoms with van der Waals surface area (Å²) < 4.78 is 25.4. The van der Waals surface area contributed by atoms with Gasteiger partial charge in [0.15, 0.2) is 0 Å².